The van der Waals surface area contributed by atoms with E-state index in [1.165, 1.54) is 0 Å². The van der Waals surface area contributed by atoms with Gasteiger partial charge in [-0.2, -0.15) is 0 Å². The topological polar surface area (TPSA) is 42.0 Å². The van der Waals surface area contributed by atoms with E-state index in [9.17, 15) is 4.79 Å². The average molecular weight is 269 g/mol. The van der Waals surface area contributed by atoms with Crippen molar-refractivity contribution < 1.29 is 4.79 Å². The zero-order valence-electron chi connectivity index (χ0n) is 8.91. The highest BCUT2D eigenvalue weighted by Gasteiger charge is 2.08. The fourth-order valence-electron chi connectivity index (χ4n) is 1.54. The van der Waals surface area contributed by atoms with Gasteiger partial charge >= 0.3 is 0 Å². The SMILES string of the molecule is O=C(CCCl)Nc1ccc(Cl)c2cccnc12. The quantitative estimate of drug-likeness (QED) is 0.867. The minimum absolute atomic E-state index is 0.130. The van der Waals surface area contributed by atoms with Crippen LogP contribution in [0.5, 0.6) is 0 Å². The molecule has 0 fully saturated rings. The molecule has 0 aliphatic heterocycles. The normalized spacial score (nSPS) is 10.5. The van der Waals surface area contributed by atoms with Crippen molar-refractivity contribution in [3.05, 3.63) is 35.5 Å². The molecule has 0 aliphatic carbocycles. The summed E-state index contributed by atoms with van der Waals surface area (Å²) in [4.78, 5) is 15.7. The highest BCUT2D eigenvalue weighted by Crippen LogP contribution is 2.27. The van der Waals surface area contributed by atoms with Crippen molar-refractivity contribution in [2.24, 2.45) is 0 Å². The van der Waals surface area contributed by atoms with Crippen LogP contribution >= 0.6 is 23.2 Å². The molecule has 88 valence electrons. The standard InChI is InChI=1S/C12H10Cl2N2O/c13-6-5-11(17)16-10-4-3-9(14)8-2-1-7-15-12(8)10/h1-4,7H,5-6H2,(H,16,17). The molecular weight excluding hydrogens is 259 g/mol. The van der Waals surface area contributed by atoms with Crippen LogP contribution in [0.3, 0.4) is 0 Å². The Morgan fingerprint density at radius 3 is 2.94 bits per heavy atom. The Morgan fingerprint density at radius 2 is 2.18 bits per heavy atom. The second kappa shape index (κ2) is 5.34. The molecule has 0 radical (unpaired) electrons. The highest BCUT2D eigenvalue weighted by molar-refractivity contribution is 6.36. The molecule has 0 unspecified atom stereocenters. The summed E-state index contributed by atoms with van der Waals surface area (Å²) in [6, 6.07) is 7.14. The summed E-state index contributed by atoms with van der Waals surface area (Å²) in [5.41, 5.74) is 1.34. The van der Waals surface area contributed by atoms with Gasteiger partial charge in [-0.3, -0.25) is 9.78 Å². The maximum Gasteiger partial charge on any atom is 0.225 e. The third kappa shape index (κ3) is 2.68. The highest BCUT2D eigenvalue weighted by atomic mass is 35.5. The van der Waals surface area contributed by atoms with Gasteiger partial charge in [-0.15, -0.1) is 11.6 Å². The van der Waals surface area contributed by atoms with Gasteiger partial charge < -0.3 is 5.32 Å². The molecule has 2 aromatic rings. The first-order chi connectivity index (χ1) is 8.22. The van der Waals surface area contributed by atoms with Crippen molar-refractivity contribution in [3.8, 4) is 0 Å². The Hall–Kier alpha value is -1.32. The molecule has 0 atom stereocenters. The molecule has 1 aromatic carbocycles. The van der Waals surface area contributed by atoms with E-state index in [1.54, 1.807) is 24.4 Å². The molecule has 1 heterocycles. The van der Waals surface area contributed by atoms with Gasteiger partial charge in [-0.05, 0) is 24.3 Å². The van der Waals surface area contributed by atoms with E-state index in [-0.39, 0.29) is 12.3 Å². The van der Waals surface area contributed by atoms with Crippen molar-refractivity contribution in [3.63, 3.8) is 0 Å². The third-order valence-corrected chi connectivity index (χ3v) is 2.83. The monoisotopic (exact) mass is 268 g/mol. The van der Waals surface area contributed by atoms with Crippen LogP contribution in [0.4, 0.5) is 5.69 Å². The molecule has 0 saturated carbocycles. The minimum Gasteiger partial charge on any atom is -0.324 e. The van der Waals surface area contributed by atoms with Gasteiger partial charge in [0.05, 0.1) is 16.2 Å². The van der Waals surface area contributed by atoms with Gasteiger partial charge in [0.2, 0.25) is 5.91 Å². The number of nitrogens with zero attached hydrogens (tertiary/aromatic N) is 1. The summed E-state index contributed by atoms with van der Waals surface area (Å²) in [6.07, 6.45) is 1.94. The van der Waals surface area contributed by atoms with E-state index in [0.29, 0.717) is 22.1 Å². The molecule has 1 amide bonds. The van der Waals surface area contributed by atoms with Crippen LogP contribution in [0.15, 0.2) is 30.5 Å². The van der Waals surface area contributed by atoms with Gasteiger partial charge in [0.1, 0.15) is 0 Å². The number of hydrogen-bond acceptors (Lipinski definition) is 2. The summed E-state index contributed by atoms with van der Waals surface area (Å²) >= 11 is 11.6. The van der Waals surface area contributed by atoms with Gasteiger partial charge in [0.25, 0.3) is 0 Å². The Labute approximate surface area is 109 Å². The van der Waals surface area contributed by atoms with Gasteiger partial charge in [-0.25, -0.2) is 0 Å². The second-order valence-electron chi connectivity index (χ2n) is 3.48. The summed E-state index contributed by atoms with van der Waals surface area (Å²) in [6.45, 7) is 0. The van der Waals surface area contributed by atoms with Gasteiger partial charge in [-0.1, -0.05) is 11.6 Å². The number of alkyl halides is 1. The summed E-state index contributed by atoms with van der Waals surface area (Å²) in [5, 5.41) is 4.20. The van der Waals surface area contributed by atoms with E-state index < -0.39 is 0 Å². The van der Waals surface area contributed by atoms with Crippen LogP contribution in [0.1, 0.15) is 6.42 Å². The molecule has 17 heavy (non-hydrogen) atoms. The molecule has 0 spiro atoms. The summed E-state index contributed by atoms with van der Waals surface area (Å²) in [5.74, 6) is 0.166. The number of benzene rings is 1. The molecule has 3 nitrogen and oxygen atoms in total. The predicted octanol–water partition coefficient (Wildman–Crippen LogP) is 3.46. The number of hydrogen-bond donors (Lipinski definition) is 1. The summed E-state index contributed by atoms with van der Waals surface area (Å²) < 4.78 is 0. The lowest BCUT2D eigenvalue weighted by atomic mass is 10.2. The maximum absolute atomic E-state index is 11.5. The smallest absolute Gasteiger partial charge is 0.225 e. The first-order valence-electron chi connectivity index (χ1n) is 5.11. The molecule has 0 aliphatic rings. The molecule has 2 rings (SSSR count). The van der Waals surface area contributed by atoms with Crippen molar-refractivity contribution in [2.75, 3.05) is 11.2 Å². The molecule has 0 bridgehead atoms. The number of amides is 1. The molecule has 1 aromatic heterocycles. The van der Waals surface area contributed by atoms with E-state index in [1.807, 2.05) is 6.07 Å². The minimum atomic E-state index is -0.130. The van der Waals surface area contributed by atoms with Crippen molar-refractivity contribution in [1.82, 2.24) is 4.98 Å². The number of anilines is 1. The van der Waals surface area contributed by atoms with Crippen LogP contribution in [0.25, 0.3) is 10.9 Å². The number of aromatic nitrogens is 1. The van der Waals surface area contributed by atoms with Crippen molar-refractivity contribution in [1.29, 1.82) is 0 Å². The number of rotatable bonds is 3. The number of carbonyl (C=O) groups is 1. The zero-order valence-corrected chi connectivity index (χ0v) is 10.4. The number of carbonyl (C=O) groups excluding carboxylic acids is 1. The van der Waals surface area contributed by atoms with Crippen LogP contribution in [0.2, 0.25) is 5.02 Å². The lowest BCUT2D eigenvalue weighted by Crippen LogP contribution is -2.12. The number of fused-ring (bicyclic) bond motifs is 1. The van der Waals surface area contributed by atoms with E-state index in [4.69, 9.17) is 23.2 Å². The molecule has 0 saturated heterocycles. The Morgan fingerprint density at radius 1 is 1.35 bits per heavy atom. The van der Waals surface area contributed by atoms with Crippen molar-refractivity contribution in [2.45, 2.75) is 6.42 Å². The van der Waals surface area contributed by atoms with Gasteiger partial charge in [0, 0.05) is 23.9 Å². The van der Waals surface area contributed by atoms with Crippen molar-refractivity contribution >= 4 is 45.7 Å². The zero-order chi connectivity index (χ0) is 12.3. The Kier molecular flexibility index (Phi) is 3.82. The van der Waals surface area contributed by atoms with Crippen LogP contribution in [-0.4, -0.2) is 16.8 Å². The number of nitrogens with one attached hydrogen (secondary N) is 1. The lowest BCUT2D eigenvalue weighted by molar-refractivity contribution is -0.115. The number of halogens is 2. The average Bonchev–Trinajstić information content (AvgIpc) is 2.34. The fraction of sp³-hybridized carbons (Fsp3) is 0.167. The third-order valence-electron chi connectivity index (χ3n) is 2.31. The van der Waals surface area contributed by atoms with E-state index >= 15 is 0 Å². The first-order valence-corrected chi connectivity index (χ1v) is 6.02. The second-order valence-corrected chi connectivity index (χ2v) is 4.27. The Bertz CT molecular complexity index is 557. The lowest BCUT2D eigenvalue weighted by Gasteiger charge is -2.08. The van der Waals surface area contributed by atoms with E-state index in [2.05, 4.69) is 10.3 Å². The van der Waals surface area contributed by atoms with Gasteiger partial charge in [0.15, 0.2) is 0 Å². The Balaban J connectivity index is 2.41. The van der Waals surface area contributed by atoms with Crippen LogP contribution in [-0.2, 0) is 4.79 Å². The predicted molar refractivity (Wildman–Crippen MR) is 70.7 cm³/mol. The maximum atomic E-state index is 11.5. The molecular formula is C12H10Cl2N2O. The number of pyridine rings is 1. The molecule has 5 heteroatoms. The largest absolute Gasteiger partial charge is 0.324 e. The van der Waals surface area contributed by atoms with E-state index in [0.717, 1.165) is 5.39 Å². The summed E-state index contributed by atoms with van der Waals surface area (Å²) in [7, 11) is 0. The molecule has 1 N–H and O–H groups in total. The van der Waals surface area contributed by atoms with Crippen LogP contribution in [0, 0.1) is 0 Å². The fourth-order valence-corrected chi connectivity index (χ4v) is 1.92. The van der Waals surface area contributed by atoms with Crippen LogP contribution < -0.4 is 5.32 Å². The first kappa shape index (κ1) is 12.1.